The Labute approximate surface area is 138 Å². The van der Waals surface area contributed by atoms with E-state index in [4.69, 9.17) is 5.11 Å². The van der Waals surface area contributed by atoms with Crippen molar-refractivity contribution < 1.29 is 9.90 Å². The van der Waals surface area contributed by atoms with E-state index in [1.54, 1.807) is 4.52 Å². The molecule has 3 rings (SSSR count). The van der Waals surface area contributed by atoms with Gasteiger partial charge in [-0.15, -0.1) is 0 Å². The van der Waals surface area contributed by atoms with Crippen LogP contribution in [0.4, 0.5) is 0 Å². The Morgan fingerprint density at radius 3 is 2.70 bits per heavy atom. The maximum atomic E-state index is 10.9. The topological polar surface area (TPSA) is 67.5 Å². The molecule has 6 heteroatoms. The number of aryl methyl sites for hydroxylation is 2. The Balaban J connectivity index is 2.22. The smallest absolute Gasteiger partial charge is 0.313 e. The minimum Gasteiger partial charge on any atom is -0.481 e. The fourth-order valence-corrected chi connectivity index (χ4v) is 3.31. The zero-order valence-corrected chi connectivity index (χ0v) is 13.8. The van der Waals surface area contributed by atoms with Crippen molar-refractivity contribution >= 4 is 23.4 Å². The largest absolute Gasteiger partial charge is 0.481 e. The molecule has 0 radical (unpaired) electrons. The molecule has 0 amide bonds. The Morgan fingerprint density at radius 2 is 2.04 bits per heavy atom. The number of carbonyl (C=O) groups is 1. The first-order valence-corrected chi connectivity index (χ1v) is 8.38. The van der Waals surface area contributed by atoms with Crippen LogP contribution < -0.4 is 0 Å². The van der Waals surface area contributed by atoms with Crippen LogP contribution in [0.25, 0.3) is 16.8 Å². The normalized spacial score (nSPS) is 11.0. The van der Waals surface area contributed by atoms with Gasteiger partial charge in [-0.25, -0.2) is 9.50 Å². The van der Waals surface area contributed by atoms with Crippen LogP contribution in [0.5, 0.6) is 0 Å². The van der Waals surface area contributed by atoms with Crippen LogP contribution in [0.3, 0.4) is 0 Å². The second-order valence-corrected chi connectivity index (χ2v) is 6.19. The molecule has 2 aromatic heterocycles. The number of fused-ring (bicyclic) bond motifs is 1. The van der Waals surface area contributed by atoms with Crippen molar-refractivity contribution in [2.45, 2.75) is 25.3 Å². The van der Waals surface area contributed by atoms with Gasteiger partial charge in [-0.2, -0.15) is 5.10 Å². The molecule has 0 aliphatic rings. The van der Waals surface area contributed by atoms with Gasteiger partial charge >= 0.3 is 5.97 Å². The second kappa shape index (κ2) is 6.42. The Hall–Kier alpha value is -2.34. The molecule has 3 aromatic rings. The Morgan fingerprint density at radius 1 is 1.30 bits per heavy atom. The number of aliphatic carboxylic acids is 1. The van der Waals surface area contributed by atoms with Crippen molar-refractivity contribution in [2.75, 3.05) is 5.75 Å². The quantitative estimate of drug-likeness (QED) is 0.574. The summed E-state index contributed by atoms with van der Waals surface area (Å²) in [7, 11) is 0. The number of hydrogen-bond donors (Lipinski definition) is 1. The summed E-state index contributed by atoms with van der Waals surface area (Å²) in [6.45, 7) is 3.98. The number of aromatic nitrogens is 3. The third-order valence-electron chi connectivity index (χ3n) is 3.50. The van der Waals surface area contributed by atoms with E-state index in [0.717, 1.165) is 39.6 Å². The molecule has 2 heterocycles. The lowest BCUT2D eigenvalue weighted by molar-refractivity contribution is -0.133. The van der Waals surface area contributed by atoms with Crippen molar-refractivity contribution in [2.24, 2.45) is 0 Å². The van der Waals surface area contributed by atoms with Crippen LogP contribution in [-0.4, -0.2) is 31.4 Å². The highest BCUT2D eigenvalue weighted by Gasteiger charge is 2.17. The lowest BCUT2D eigenvalue weighted by Gasteiger charge is -2.05. The van der Waals surface area contributed by atoms with Crippen molar-refractivity contribution in [1.29, 1.82) is 0 Å². The average molecular weight is 327 g/mol. The van der Waals surface area contributed by atoms with Gasteiger partial charge in [-0.05, 0) is 25.0 Å². The molecule has 1 N–H and O–H groups in total. The first-order chi connectivity index (χ1) is 11.1. The van der Waals surface area contributed by atoms with Gasteiger partial charge in [0, 0.05) is 11.3 Å². The number of carboxylic acids is 1. The molecule has 0 bridgehead atoms. The van der Waals surface area contributed by atoms with E-state index in [2.05, 4.69) is 17.0 Å². The predicted octanol–water partition coefficient (Wildman–Crippen LogP) is 3.44. The van der Waals surface area contributed by atoms with E-state index in [-0.39, 0.29) is 5.75 Å². The first kappa shape index (κ1) is 15.6. The summed E-state index contributed by atoms with van der Waals surface area (Å²) in [6, 6.07) is 11.9. The predicted molar refractivity (Wildman–Crippen MR) is 90.9 cm³/mol. The van der Waals surface area contributed by atoms with Gasteiger partial charge in [0.2, 0.25) is 0 Å². The highest BCUT2D eigenvalue weighted by Crippen LogP contribution is 2.31. The number of thioether (sulfide) groups is 1. The fraction of sp³-hybridized carbons (Fsp3) is 0.235. The summed E-state index contributed by atoms with van der Waals surface area (Å²) in [5.41, 5.74) is 4.69. The fourth-order valence-electron chi connectivity index (χ4n) is 2.54. The molecule has 5 nitrogen and oxygen atoms in total. The minimum atomic E-state index is -0.844. The summed E-state index contributed by atoms with van der Waals surface area (Å²) in [4.78, 5) is 15.5. The van der Waals surface area contributed by atoms with Crippen molar-refractivity contribution in [3.63, 3.8) is 0 Å². The number of hydrogen-bond acceptors (Lipinski definition) is 4. The summed E-state index contributed by atoms with van der Waals surface area (Å²) >= 11 is 1.26. The van der Waals surface area contributed by atoms with Crippen LogP contribution in [0.2, 0.25) is 0 Å². The molecule has 0 saturated heterocycles. The van der Waals surface area contributed by atoms with Crippen LogP contribution in [0, 0.1) is 6.92 Å². The van der Waals surface area contributed by atoms with Crippen LogP contribution >= 0.6 is 11.8 Å². The maximum Gasteiger partial charge on any atom is 0.313 e. The van der Waals surface area contributed by atoms with Crippen molar-refractivity contribution in [3.05, 3.63) is 47.8 Å². The van der Waals surface area contributed by atoms with E-state index >= 15 is 0 Å². The maximum absolute atomic E-state index is 10.9. The van der Waals surface area contributed by atoms with E-state index < -0.39 is 5.97 Å². The van der Waals surface area contributed by atoms with Gasteiger partial charge in [0.25, 0.3) is 0 Å². The highest BCUT2D eigenvalue weighted by molar-refractivity contribution is 7.99. The second-order valence-electron chi connectivity index (χ2n) is 5.19. The SMILES string of the molecule is CCc1nn2c(SCC(=O)O)cc(C)nc2c1-c1ccccc1. The molecule has 0 spiro atoms. The first-order valence-electron chi connectivity index (χ1n) is 7.39. The molecule has 0 aliphatic carbocycles. The monoisotopic (exact) mass is 327 g/mol. The molecule has 1 aromatic carbocycles. The van der Waals surface area contributed by atoms with Gasteiger partial charge in [0.15, 0.2) is 5.65 Å². The molecular weight excluding hydrogens is 310 g/mol. The van der Waals surface area contributed by atoms with Crippen LogP contribution in [0.15, 0.2) is 41.4 Å². The molecule has 0 unspecified atom stereocenters. The zero-order valence-electron chi connectivity index (χ0n) is 13.0. The average Bonchev–Trinajstić information content (AvgIpc) is 2.91. The molecular formula is C17H17N3O2S. The van der Waals surface area contributed by atoms with E-state index in [0.29, 0.717) is 0 Å². The number of rotatable bonds is 5. The molecule has 23 heavy (non-hydrogen) atoms. The zero-order chi connectivity index (χ0) is 16.4. The van der Waals surface area contributed by atoms with E-state index in [1.165, 1.54) is 11.8 Å². The number of benzene rings is 1. The van der Waals surface area contributed by atoms with Gasteiger partial charge in [0.1, 0.15) is 5.03 Å². The lowest BCUT2D eigenvalue weighted by Crippen LogP contribution is -2.02. The van der Waals surface area contributed by atoms with Crippen LogP contribution in [0.1, 0.15) is 18.3 Å². The van der Waals surface area contributed by atoms with Gasteiger partial charge in [0.05, 0.1) is 11.4 Å². The van der Waals surface area contributed by atoms with E-state index in [1.807, 2.05) is 43.3 Å². The van der Waals surface area contributed by atoms with Gasteiger partial charge < -0.3 is 5.11 Å². The Kier molecular flexibility index (Phi) is 4.34. The molecule has 0 aliphatic heterocycles. The molecule has 0 atom stereocenters. The summed E-state index contributed by atoms with van der Waals surface area (Å²) in [5.74, 6) is -0.843. The minimum absolute atomic E-state index is 0.000538. The van der Waals surface area contributed by atoms with Crippen LogP contribution in [-0.2, 0) is 11.2 Å². The number of nitrogens with zero attached hydrogens (tertiary/aromatic N) is 3. The highest BCUT2D eigenvalue weighted by atomic mass is 32.2. The summed E-state index contributed by atoms with van der Waals surface area (Å²) < 4.78 is 1.77. The lowest BCUT2D eigenvalue weighted by atomic mass is 10.0. The Bertz CT molecular complexity index is 859. The molecule has 118 valence electrons. The van der Waals surface area contributed by atoms with E-state index in [9.17, 15) is 4.79 Å². The third-order valence-corrected chi connectivity index (χ3v) is 4.48. The van der Waals surface area contributed by atoms with Crippen molar-refractivity contribution in [3.8, 4) is 11.1 Å². The summed E-state index contributed by atoms with van der Waals surface area (Å²) in [5, 5.41) is 14.4. The van der Waals surface area contributed by atoms with Crippen molar-refractivity contribution in [1.82, 2.24) is 14.6 Å². The van der Waals surface area contributed by atoms with Gasteiger partial charge in [-0.3, -0.25) is 4.79 Å². The third kappa shape index (κ3) is 3.07. The molecule has 0 fully saturated rings. The summed E-state index contributed by atoms with van der Waals surface area (Å²) in [6.07, 6.45) is 0.787. The molecule has 0 saturated carbocycles. The number of carboxylic acid groups (broad SMARTS) is 1. The standard InChI is InChI=1S/C17H17N3O2S/c1-3-13-16(12-7-5-4-6-8-12)17-18-11(2)9-14(20(17)19-13)23-10-15(21)22/h4-9H,3,10H2,1-2H3,(H,21,22). The van der Waals surface area contributed by atoms with Gasteiger partial charge in [-0.1, -0.05) is 49.0 Å².